The minimum atomic E-state index is 0.175. The van der Waals surface area contributed by atoms with Crippen molar-refractivity contribution in [2.24, 2.45) is 5.73 Å². The molecule has 2 aromatic heterocycles. The average Bonchev–Trinajstić information content (AvgIpc) is 2.95. The van der Waals surface area contributed by atoms with Crippen molar-refractivity contribution in [3.63, 3.8) is 0 Å². The van der Waals surface area contributed by atoms with Crippen LogP contribution in [0.1, 0.15) is 49.5 Å². The Bertz CT molecular complexity index is 551. The Hall–Kier alpha value is -1.46. The number of rotatable bonds is 7. The Morgan fingerprint density at radius 3 is 2.67 bits per heavy atom. The van der Waals surface area contributed by atoms with Crippen molar-refractivity contribution < 1.29 is 4.74 Å². The second-order valence-electron chi connectivity index (χ2n) is 5.48. The maximum absolute atomic E-state index is 5.93. The van der Waals surface area contributed by atoms with Crippen LogP contribution in [0.15, 0.2) is 23.7 Å². The third kappa shape index (κ3) is 4.79. The third-order valence-corrected chi connectivity index (χ3v) is 4.44. The number of hydrogen-bond acceptors (Lipinski definition) is 5. The molecule has 114 valence electrons. The maximum atomic E-state index is 5.93. The minimum absolute atomic E-state index is 0.175. The van der Waals surface area contributed by atoms with Gasteiger partial charge >= 0.3 is 0 Å². The summed E-state index contributed by atoms with van der Waals surface area (Å²) in [5, 5.41) is 3.20. The standard InChI is InChI=1S/C16H23N3OS/c1-4-12(17)7-13-5-6-15(8-18-13)20-9-14-10-21-16(19-14)11(2)3/h5-6,8,10-12H,4,7,9,17H2,1-3H3. The van der Waals surface area contributed by atoms with Crippen LogP contribution in [0.4, 0.5) is 0 Å². The molecule has 0 spiro atoms. The van der Waals surface area contributed by atoms with Crippen molar-refractivity contribution in [3.05, 3.63) is 40.1 Å². The number of nitrogens with zero attached hydrogens (tertiary/aromatic N) is 2. The highest BCUT2D eigenvalue weighted by Crippen LogP contribution is 2.20. The molecule has 0 aromatic carbocycles. The molecule has 0 aliphatic heterocycles. The number of nitrogens with two attached hydrogens (primary N) is 1. The van der Waals surface area contributed by atoms with E-state index in [9.17, 15) is 0 Å². The Balaban J connectivity index is 1.88. The van der Waals surface area contributed by atoms with Gasteiger partial charge in [0.2, 0.25) is 0 Å². The van der Waals surface area contributed by atoms with Crippen LogP contribution in [0.5, 0.6) is 5.75 Å². The van der Waals surface area contributed by atoms with Gasteiger partial charge in [0, 0.05) is 29.5 Å². The van der Waals surface area contributed by atoms with E-state index in [-0.39, 0.29) is 6.04 Å². The summed E-state index contributed by atoms with van der Waals surface area (Å²) in [4.78, 5) is 8.94. The van der Waals surface area contributed by atoms with E-state index in [1.807, 2.05) is 12.1 Å². The lowest BCUT2D eigenvalue weighted by Gasteiger charge is -2.09. The predicted octanol–water partition coefficient (Wildman–Crippen LogP) is 3.52. The zero-order valence-electron chi connectivity index (χ0n) is 12.9. The molecular weight excluding hydrogens is 282 g/mol. The van der Waals surface area contributed by atoms with Gasteiger partial charge in [0.05, 0.1) is 16.9 Å². The van der Waals surface area contributed by atoms with Crippen LogP contribution in [0.25, 0.3) is 0 Å². The van der Waals surface area contributed by atoms with Crippen LogP contribution >= 0.6 is 11.3 Å². The van der Waals surface area contributed by atoms with E-state index >= 15 is 0 Å². The van der Waals surface area contributed by atoms with Crippen LogP contribution in [0, 0.1) is 0 Å². The molecule has 0 aliphatic carbocycles. The lowest BCUT2D eigenvalue weighted by Crippen LogP contribution is -2.21. The van der Waals surface area contributed by atoms with Gasteiger partial charge in [-0.3, -0.25) is 4.98 Å². The van der Waals surface area contributed by atoms with Gasteiger partial charge in [0.15, 0.2) is 0 Å². The molecule has 0 amide bonds. The smallest absolute Gasteiger partial charge is 0.138 e. The summed E-state index contributed by atoms with van der Waals surface area (Å²) < 4.78 is 5.72. The van der Waals surface area contributed by atoms with Crippen molar-refractivity contribution in [3.8, 4) is 5.75 Å². The molecule has 2 rings (SSSR count). The van der Waals surface area contributed by atoms with Crippen LogP contribution in [-0.2, 0) is 13.0 Å². The highest BCUT2D eigenvalue weighted by Gasteiger charge is 2.07. The molecule has 1 unspecified atom stereocenters. The quantitative estimate of drug-likeness (QED) is 0.850. The molecule has 0 aliphatic rings. The summed E-state index contributed by atoms with van der Waals surface area (Å²) in [5.41, 5.74) is 7.91. The van der Waals surface area contributed by atoms with Gasteiger partial charge in [-0.2, -0.15) is 0 Å². The fourth-order valence-electron chi connectivity index (χ4n) is 1.84. The summed E-state index contributed by atoms with van der Waals surface area (Å²) in [7, 11) is 0. The SMILES string of the molecule is CCC(N)Cc1ccc(OCc2csc(C(C)C)n2)cn1. The van der Waals surface area contributed by atoms with E-state index in [0.717, 1.165) is 35.0 Å². The summed E-state index contributed by atoms with van der Waals surface area (Å²) in [6.07, 6.45) is 3.52. The zero-order valence-corrected chi connectivity index (χ0v) is 13.7. The van der Waals surface area contributed by atoms with Crippen LogP contribution in [-0.4, -0.2) is 16.0 Å². The first kappa shape index (κ1) is 15.9. The Morgan fingerprint density at radius 2 is 2.10 bits per heavy atom. The van der Waals surface area contributed by atoms with Crippen molar-refractivity contribution in [2.45, 2.75) is 52.2 Å². The molecule has 4 nitrogen and oxygen atoms in total. The second kappa shape index (κ2) is 7.52. The van der Waals surface area contributed by atoms with Gasteiger partial charge in [-0.1, -0.05) is 20.8 Å². The van der Waals surface area contributed by atoms with Gasteiger partial charge in [-0.05, 0) is 18.6 Å². The van der Waals surface area contributed by atoms with Crippen molar-refractivity contribution in [1.29, 1.82) is 0 Å². The molecule has 2 aromatic rings. The van der Waals surface area contributed by atoms with E-state index in [4.69, 9.17) is 10.5 Å². The molecule has 5 heteroatoms. The van der Waals surface area contributed by atoms with E-state index in [1.54, 1.807) is 17.5 Å². The van der Waals surface area contributed by atoms with Gasteiger partial charge in [0.1, 0.15) is 12.4 Å². The molecule has 0 saturated heterocycles. The molecule has 2 heterocycles. The minimum Gasteiger partial charge on any atom is -0.486 e. The third-order valence-electron chi connectivity index (χ3n) is 3.24. The second-order valence-corrected chi connectivity index (χ2v) is 6.37. The van der Waals surface area contributed by atoms with Crippen LogP contribution in [0.3, 0.4) is 0 Å². The molecule has 2 N–H and O–H groups in total. The zero-order chi connectivity index (χ0) is 15.2. The number of hydrogen-bond donors (Lipinski definition) is 1. The van der Waals surface area contributed by atoms with E-state index in [0.29, 0.717) is 12.5 Å². The van der Waals surface area contributed by atoms with Crippen molar-refractivity contribution in [1.82, 2.24) is 9.97 Å². The maximum Gasteiger partial charge on any atom is 0.138 e. The van der Waals surface area contributed by atoms with Crippen LogP contribution < -0.4 is 10.5 Å². The first-order valence-electron chi connectivity index (χ1n) is 7.36. The van der Waals surface area contributed by atoms with E-state index in [1.165, 1.54) is 0 Å². The first-order chi connectivity index (χ1) is 10.1. The fraction of sp³-hybridized carbons (Fsp3) is 0.500. The predicted molar refractivity (Wildman–Crippen MR) is 86.7 cm³/mol. The Morgan fingerprint density at radius 1 is 1.29 bits per heavy atom. The topological polar surface area (TPSA) is 61.0 Å². The highest BCUT2D eigenvalue weighted by atomic mass is 32.1. The summed E-state index contributed by atoms with van der Waals surface area (Å²) in [5.74, 6) is 1.23. The van der Waals surface area contributed by atoms with Crippen LogP contribution in [0.2, 0.25) is 0 Å². The van der Waals surface area contributed by atoms with E-state index in [2.05, 4.69) is 36.1 Å². The lowest BCUT2D eigenvalue weighted by atomic mass is 10.1. The highest BCUT2D eigenvalue weighted by molar-refractivity contribution is 7.09. The molecular formula is C16H23N3OS. The summed E-state index contributed by atoms with van der Waals surface area (Å²) >= 11 is 1.68. The van der Waals surface area contributed by atoms with Gasteiger partial charge in [-0.15, -0.1) is 11.3 Å². The molecule has 0 saturated carbocycles. The molecule has 0 radical (unpaired) electrons. The molecule has 0 bridgehead atoms. The number of ether oxygens (including phenoxy) is 1. The van der Waals surface area contributed by atoms with Gasteiger partial charge in [-0.25, -0.2) is 4.98 Å². The fourth-order valence-corrected chi connectivity index (χ4v) is 2.66. The number of thiazole rings is 1. The van der Waals surface area contributed by atoms with Crippen molar-refractivity contribution >= 4 is 11.3 Å². The molecule has 0 fully saturated rings. The Labute approximate surface area is 130 Å². The normalized spacial score (nSPS) is 12.6. The average molecular weight is 305 g/mol. The largest absolute Gasteiger partial charge is 0.486 e. The summed E-state index contributed by atoms with van der Waals surface area (Å²) in [6, 6.07) is 4.10. The molecule has 1 atom stereocenters. The van der Waals surface area contributed by atoms with Gasteiger partial charge in [0.25, 0.3) is 0 Å². The lowest BCUT2D eigenvalue weighted by molar-refractivity contribution is 0.300. The number of pyridine rings is 1. The first-order valence-corrected chi connectivity index (χ1v) is 8.24. The monoisotopic (exact) mass is 305 g/mol. The van der Waals surface area contributed by atoms with Crippen molar-refractivity contribution in [2.75, 3.05) is 0 Å². The molecule has 21 heavy (non-hydrogen) atoms. The van der Waals surface area contributed by atoms with Gasteiger partial charge < -0.3 is 10.5 Å². The van der Waals surface area contributed by atoms with E-state index < -0.39 is 0 Å². The summed E-state index contributed by atoms with van der Waals surface area (Å²) in [6.45, 7) is 6.86. The Kier molecular flexibility index (Phi) is 5.70. The number of aromatic nitrogens is 2.